The number of anilines is 1. The number of aromatic nitrogens is 1. The van der Waals surface area contributed by atoms with Gasteiger partial charge < -0.3 is 10.2 Å². The molecule has 7 nitrogen and oxygen atoms in total. The SMILES string of the molecule is Cc1ccc(C(=O)NCCCS(=O)(=O)N2CCN(c3ccccn3)CC2)cc1C. The first-order valence-electron chi connectivity index (χ1n) is 9.86. The number of hydrogen-bond donors (Lipinski definition) is 1. The van der Waals surface area contributed by atoms with Gasteiger partial charge in [0.05, 0.1) is 5.75 Å². The molecule has 1 amide bonds. The van der Waals surface area contributed by atoms with Gasteiger partial charge in [0.25, 0.3) is 5.91 Å². The highest BCUT2D eigenvalue weighted by atomic mass is 32.2. The number of nitrogens with zero attached hydrogens (tertiary/aromatic N) is 3. The van der Waals surface area contributed by atoms with Crippen molar-refractivity contribution in [3.8, 4) is 0 Å². The van der Waals surface area contributed by atoms with Gasteiger partial charge in [0.2, 0.25) is 10.0 Å². The van der Waals surface area contributed by atoms with Gasteiger partial charge in [-0.15, -0.1) is 0 Å². The van der Waals surface area contributed by atoms with Crippen molar-refractivity contribution < 1.29 is 13.2 Å². The lowest BCUT2D eigenvalue weighted by molar-refractivity contribution is 0.0953. The van der Waals surface area contributed by atoms with Crippen LogP contribution in [0.5, 0.6) is 0 Å². The van der Waals surface area contributed by atoms with Crippen LogP contribution in [0, 0.1) is 13.8 Å². The van der Waals surface area contributed by atoms with Crippen LogP contribution >= 0.6 is 0 Å². The molecule has 1 aliphatic heterocycles. The van der Waals surface area contributed by atoms with Gasteiger partial charge in [-0.25, -0.2) is 13.4 Å². The monoisotopic (exact) mass is 416 g/mol. The van der Waals surface area contributed by atoms with E-state index in [0.29, 0.717) is 44.7 Å². The predicted octanol–water partition coefficient (Wildman–Crippen LogP) is 1.97. The van der Waals surface area contributed by atoms with E-state index in [1.165, 1.54) is 4.31 Å². The standard InChI is InChI=1S/C21H28N4O3S/c1-17-7-8-19(16-18(17)2)21(26)23-10-5-15-29(27,28)25-13-11-24(12-14-25)20-6-3-4-9-22-20/h3-4,6-9,16H,5,10-15H2,1-2H3,(H,23,26). The zero-order valence-electron chi connectivity index (χ0n) is 17.0. The summed E-state index contributed by atoms with van der Waals surface area (Å²) in [6.07, 6.45) is 2.13. The molecule has 3 rings (SSSR count). The van der Waals surface area contributed by atoms with Gasteiger partial charge in [-0.2, -0.15) is 4.31 Å². The Morgan fingerprint density at radius 3 is 2.48 bits per heavy atom. The summed E-state index contributed by atoms with van der Waals surface area (Å²) in [6.45, 7) is 6.45. The quantitative estimate of drug-likeness (QED) is 0.698. The molecule has 0 unspecified atom stereocenters. The molecule has 0 radical (unpaired) electrons. The van der Waals surface area contributed by atoms with E-state index in [1.807, 2.05) is 44.2 Å². The van der Waals surface area contributed by atoms with Gasteiger partial charge in [-0.3, -0.25) is 4.79 Å². The number of pyridine rings is 1. The largest absolute Gasteiger partial charge is 0.354 e. The van der Waals surface area contributed by atoms with E-state index < -0.39 is 10.0 Å². The molecule has 1 aromatic heterocycles. The predicted molar refractivity (Wildman–Crippen MR) is 115 cm³/mol. The van der Waals surface area contributed by atoms with E-state index in [9.17, 15) is 13.2 Å². The van der Waals surface area contributed by atoms with Crippen molar-refractivity contribution in [2.24, 2.45) is 0 Å². The molecule has 1 aliphatic rings. The highest BCUT2D eigenvalue weighted by Gasteiger charge is 2.26. The zero-order chi connectivity index (χ0) is 20.9. The molecule has 1 aromatic carbocycles. The Labute approximate surface area is 172 Å². The van der Waals surface area contributed by atoms with Crippen LogP contribution in [0.25, 0.3) is 0 Å². The summed E-state index contributed by atoms with van der Waals surface area (Å²) in [4.78, 5) is 18.6. The highest BCUT2D eigenvalue weighted by Crippen LogP contribution is 2.15. The van der Waals surface area contributed by atoms with Gasteiger partial charge in [-0.1, -0.05) is 12.1 Å². The second-order valence-corrected chi connectivity index (χ2v) is 9.39. The number of carbonyl (C=O) groups excluding carboxylic acids is 1. The molecule has 1 fully saturated rings. The Kier molecular flexibility index (Phi) is 6.87. The lowest BCUT2D eigenvalue weighted by atomic mass is 10.1. The number of benzene rings is 1. The summed E-state index contributed by atoms with van der Waals surface area (Å²) in [5.74, 6) is 0.733. The number of nitrogens with one attached hydrogen (secondary N) is 1. The van der Waals surface area contributed by atoms with Gasteiger partial charge in [0.15, 0.2) is 0 Å². The van der Waals surface area contributed by atoms with Crippen molar-refractivity contribution >= 4 is 21.7 Å². The molecule has 0 atom stereocenters. The van der Waals surface area contributed by atoms with Crippen molar-refractivity contribution in [1.82, 2.24) is 14.6 Å². The molecule has 0 bridgehead atoms. The third-order valence-corrected chi connectivity index (χ3v) is 7.20. The third kappa shape index (κ3) is 5.55. The van der Waals surface area contributed by atoms with Crippen molar-refractivity contribution in [2.45, 2.75) is 20.3 Å². The van der Waals surface area contributed by atoms with Crippen LogP contribution < -0.4 is 10.2 Å². The fraction of sp³-hybridized carbons (Fsp3) is 0.429. The van der Waals surface area contributed by atoms with E-state index in [2.05, 4.69) is 15.2 Å². The number of sulfonamides is 1. The van der Waals surface area contributed by atoms with Crippen LogP contribution in [-0.4, -0.2) is 62.1 Å². The molecule has 156 valence electrons. The Bertz CT molecular complexity index is 940. The number of rotatable bonds is 7. The van der Waals surface area contributed by atoms with Crippen molar-refractivity contribution in [3.63, 3.8) is 0 Å². The molecule has 8 heteroatoms. The maximum absolute atomic E-state index is 12.6. The Balaban J connectivity index is 1.43. The number of carbonyl (C=O) groups is 1. The highest BCUT2D eigenvalue weighted by molar-refractivity contribution is 7.89. The van der Waals surface area contributed by atoms with Crippen molar-refractivity contribution in [1.29, 1.82) is 0 Å². The van der Waals surface area contributed by atoms with Gasteiger partial charge >= 0.3 is 0 Å². The number of aryl methyl sites for hydroxylation is 2. The van der Waals surface area contributed by atoms with E-state index in [-0.39, 0.29) is 11.7 Å². The summed E-state index contributed by atoms with van der Waals surface area (Å²) in [7, 11) is -3.33. The minimum Gasteiger partial charge on any atom is -0.354 e. The molecule has 1 N–H and O–H groups in total. The molecule has 0 spiro atoms. The summed E-state index contributed by atoms with van der Waals surface area (Å²) >= 11 is 0. The first-order chi connectivity index (χ1) is 13.9. The molecule has 1 saturated heterocycles. The minimum atomic E-state index is -3.33. The van der Waals surface area contributed by atoms with E-state index in [1.54, 1.807) is 12.3 Å². The minimum absolute atomic E-state index is 0.0315. The van der Waals surface area contributed by atoms with E-state index >= 15 is 0 Å². The second kappa shape index (κ2) is 9.37. The fourth-order valence-corrected chi connectivity index (χ4v) is 4.79. The van der Waals surface area contributed by atoms with E-state index in [4.69, 9.17) is 0 Å². The maximum atomic E-state index is 12.6. The number of piperazine rings is 1. The smallest absolute Gasteiger partial charge is 0.251 e. The second-order valence-electron chi connectivity index (χ2n) is 7.30. The summed E-state index contributed by atoms with van der Waals surface area (Å²) in [5.41, 5.74) is 2.79. The Morgan fingerprint density at radius 2 is 1.83 bits per heavy atom. The molecule has 29 heavy (non-hydrogen) atoms. The molecule has 2 heterocycles. The van der Waals surface area contributed by atoms with Crippen LogP contribution in [0.15, 0.2) is 42.6 Å². The summed E-state index contributed by atoms with van der Waals surface area (Å²) in [6, 6.07) is 11.3. The van der Waals surface area contributed by atoms with Crippen LogP contribution in [0.2, 0.25) is 0 Å². The average molecular weight is 417 g/mol. The molecule has 0 saturated carbocycles. The van der Waals surface area contributed by atoms with Gasteiger partial charge in [0, 0.05) is 44.5 Å². The zero-order valence-corrected chi connectivity index (χ0v) is 17.8. The molecule has 0 aliphatic carbocycles. The first-order valence-corrected chi connectivity index (χ1v) is 11.5. The van der Waals surface area contributed by atoms with Gasteiger partial charge in [0.1, 0.15) is 5.82 Å². The van der Waals surface area contributed by atoms with Crippen LogP contribution in [0.4, 0.5) is 5.82 Å². The molecule has 2 aromatic rings. The third-order valence-electron chi connectivity index (χ3n) is 5.24. The molecular formula is C21H28N4O3S. The van der Waals surface area contributed by atoms with Crippen LogP contribution in [0.3, 0.4) is 0 Å². The van der Waals surface area contributed by atoms with Crippen molar-refractivity contribution in [2.75, 3.05) is 43.4 Å². The number of hydrogen-bond acceptors (Lipinski definition) is 5. The lowest BCUT2D eigenvalue weighted by Crippen LogP contribution is -2.49. The van der Waals surface area contributed by atoms with E-state index in [0.717, 1.165) is 16.9 Å². The van der Waals surface area contributed by atoms with Crippen molar-refractivity contribution in [3.05, 3.63) is 59.3 Å². The van der Waals surface area contributed by atoms with Crippen LogP contribution in [0.1, 0.15) is 27.9 Å². The number of amides is 1. The normalized spacial score (nSPS) is 15.3. The lowest BCUT2D eigenvalue weighted by Gasteiger charge is -2.34. The average Bonchev–Trinajstić information content (AvgIpc) is 2.74. The summed E-state index contributed by atoms with van der Waals surface area (Å²) in [5, 5.41) is 2.81. The molecular weight excluding hydrogens is 388 g/mol. The van der Waals surface area contributed by atoms with Gasteiger partial charge in [-0.05, 0) is 55.7 Å². The maximum Gasteiger partial charge on any atom is 0.251 e. The fourth-order valence-electron chi connectivity index (χ4n) is 3.31. The first kappa shape index (κ1) is 21.3. The topological polar surface area (TPSA) is 82.6 Å². The van der Waals surface area contributed by atoms with Crippen LogP contribution in [-0.2, 0) is 10.0 Å². The Morgan fingerprint density at radius 1 is 1.07 bits per heavy atom. The Hall–Kier alpha value is -2.45. The summed E-state index contributed by atoms with van der Waals surface area (Å²) < 4.78 is 26.7.